The first-order chi connectivity index (χ1) is 5.43. The molecule has 0 fully saturated rings. The molecular weight excluding hydrogens is 132 g/mol. The molecular formula is C11H17. The SMILES string of the molecule is CCCCCCC1=CC=C[CH]1. The predicted molar refractivity (Wildman–Crippen MR) is 50.3 cm³/mol. The third kappa shape index (κ3) is 3.41. The van der Waals surface area contributed by atoms with Crippen LogP contribution < -0.4 is 0 Å². The van der Waals surface area contributed by atoms with Gasteiger partial charge in [-0.2, -0.15) is 0 Å². The quantitative estimate of drug-likeness (QED) is 0.523. The van der Waals surface area contributed by atoms with E-state index >= 15 is 0 Å². The van der Waals surface area contributed by atoms with E-state index < -0.39 is 0 Å². The van der Waals surface area contributed by atoms with Gasteiger partial charge in [-0.05, 0) is 12.8 Å². The maximum atomic E-state index is 2.25. The monoisotopic (exact) mass is 149 g/mol. The Kier molecular flexibility index (Phi) is 4.03. The normalized spacial score (nSPS) is 15.5. The molecule has 1 rings (SSSR count). The third-order valence-electron chi connectivity index (χ3n) is 2.05. The molecule has 0 atom stereocenters. The first-order valence-electron chi connectivity index (χ1n) is 4.64. The van der Waals surface area contributed by atoms with Crippen molar-refractivity contribution in [3.05, 3.63) is 30.2 Å². The highest BCUT2D eigenvalue weighted by atomic mass is 14.0. The van der Waals surface area contributed by atoms with E-state index in [1.807, 2.05) is 0 Å². The van der Waals surface area contributed by atoms with Gasteiger partial charge in [0, 0.05) is 6.42 Å². The van der Waals surface area contributed by atoms with E-state index in [1.165, 1.54) is 37.7 Å². The van der Waals surface area contributed by atoms with Gasteiger partial charge in [0.05, 0.1) is 0 Å². The Balaban J connectivity index is 1.95. The van der Waals surface area contributed by atoms with Crippen LogP contribution in [0.5, 0.6) is 0 Å². The lowest BCUT2D eigenvalue weighted by Crippen LogP contribution is -1.81. The summed E-state index contributed by atoms with van der Waals surface area (Å²) in [6.45, 7) is 2.25. The lowest BCUT2D eigenvalue weighted by Gasteiger charge is -1.99. The lowest BCUT2D eigenvalue weighted by atomic mass is 10.1. The van der Waals surface area contributed by atoms with E-state index in [-0.39, 0.29) is 0 Å². The van der Waals surface area contributed by atoms with Crippen LogP contribution in [-0.2, 0) is 0 Å². The van der Waals surface area contributed by atoms with Crippen LogP contribution in [0.3, 0.4) is 0 Å². The largest absolute Gasteiger partial charge is 0.0764 e. The number of allylic oxidation sites excluding steroid dienone is 4. The summed E-state index contributed by atoms with van der Waals surface area (Å²) < 4.78 is 0. The molecule has 0 heteroatoms. The van der Waals surface area contributed by atoms with E-state index in [0.29, 0.717) is 0 Å². The Bertz CT molecular complexity index is 151. The summed E-state index contributed by atoms with van der Waals surface area (Å²) in [4.78, 5) is 0. The molecule has 0 spiro atoms. The van der Waals surface area contributed by atoms with Crippen molar-refractivity contribution in [3.8, 4) is 0 Å². The summed E-state index contributed by atoms with van der Waals surface area (Å²) in [5.74, 6) is 0. The fraction of sp³-hybridized carbons (Fsp3) is 0.545. The smallest absolute Gasteiger partial charge is 0.00834 e. The average molecular weight is 149 g/mol. The zero-order valence-corrected chi connectivity index (χ0v) is 7.34. The number of rotatable bonds is 5. The minimum Gasteiger partial charge on any atom is -0.0764 e. The molecule has 0 bridgehead atoms. The first kappa shape index (κ1) is 8.58. The zero-order chi connectivity index (χ0) is 7.94. The van der Waals surface area contributed by atoms with Crippen molar-refractivity contribution in [2.24, 2.45) is 0 Å². The molecule has 0 aromatic rings. The highest BCUT2D eigenvalue weighted by Gasteiger charge is 1.98. The fourth-order valence-electron chi connectivity index (χ4n) is 1.34. The Hall–Kier alpha value is -0.520. The summed E-state index contributed by atoms with van der Waals surface area (Å²) >= 11 is 0. The lowest BCUT2D eigenvalue weighted by molar-refractivity contribution is 0.667. The van der Waals surface area contributed by atoms with Crippen molar-refractivity contribution >= 4 is 0 Å². The molecule has 0 aromatic carbocycles. The number of hydrogen-bond donors (Lipinski definition) is 0. The van der Waals surface area contributed by atoms with Crippen LogP contribution in [0.25, 0.3) is 0 Å². The highest BCUT2D eigenvalue weighted by Crippen LogP contribution is 2.16. The van der Waals surface area contributed by atoms with Gasteiger partial charge >= 0.3 is 0 Å². The summed E-state index contributed by atoms with van der Waals surface area (Å²) in [5.41, 5.74) is 1.50. The summed E-state index contributed by atoms with van der Waals surface area (Å²) in [5, 5.41) is 0. The molecule has 1 aliphatic carbocycles. The molecule has 1 radical (unpaired) electrons. The van der Waals surface area contributed by atoms with Crippen LogP contribution in [0.15, 0.2) is 23.8 Å². The van der Waals surface area contributed by atoms with Crippen LogP contribution in [0, 0.1) is 6.42 Å². The second kappa shape index (κ2) is 5.17. The topological polar surface area (TPSA) is 0 Å². The second-order valence-electron chi connectivity index (χ2n) is 3.10. The van der Waals surface area contributed by atoms with Gasteiger partial charge in [0.2, 0.25) is 0 Å². The van der Waals surface area contributed by atoms with Crippen molar-refractivity contribution in [3.63, 3.8) is 0 Å². The van der Waals surface area contributed by atoms with E-state index in [1.54, 1.807) is 0 Å². The highest BCUT2D eigenvalue weighted by molar-refractivity contribution is 5.33. The first-order valence-corrected chi connectivity index (χ1v) is 4.64. The molecule has 0 aliphatic heterocycles. The van der Waals surface area contributed by atoms with Crippen LogP contribution in [0.2, 0.25) is 0 Å². The molecule has 0 saturated carbocycles. The van der Waals surface area contributed by atoms with Gasteiger partial charge < -0.3 is 0 Å². The van der Waals surface area contributed by atoms with Gasteiger partial charge in [0.25, 0.3) is 0 Å². The Morgan fingerprint density at radius 2 is 2.00 bits per heavy atom. The molecule has 61 valence electrons. The molecule has 0 nitrogen and oxygen atoms in total. The van der Waals surface area contributed by atoms with Crippen LogP contribution >= 0.6 is 0 Å². The molecule has 0 saturated heterocycles. The Morgan fingerprint density at radius 3 is 2.64 bits per heavy atom. The summed E-state index contributed by atoms with van der Waals surface area (Å²) in [6, 6.07) is 0. The second-order valence-corrected chi connectivity index (χ2v) is 3.10. The van der Waals surface area contributed by atoms with Crippen molar-refractivity contribution < 1.29 is 0 Å². The van der Waals surface area contributed by atoms with E-state index in [9.17, 15) is 0 Å². The maximum Gasteiger partial charge on any atom is 0.00834 e. The van der Waals surface area contributed by atoms with Gasteiger partial charge in [0.15, 0.2) is 0 Å². The van der Waals surface area contributed by atoms with Crippen molar-refractivity contribution in [1.82, 2.24) is 0 Å². The van der Waals surface area contributed by atoms with Gasteiger partial charge in [-0.15, -0.1) is 0 Å². The van der Waals surface area contributed by atoms with Crippen LogP contribution in [0.4, 0.5) is 0 Å². The summed E-state index contributed by atoms with van der Waals surface area (Å²) in [6.07, 6.45) is 15.4. The van der Waals surface area contributed by atoms with E-state index in [2.05, 4.69) is 31.6 Å². The fourth-order valence-corrected chi connectivity index (χ4v) is 1.34. The number of hydrogen-bond acceptors (Lipinski definition) is 0. The minimum atomic E-state index is 1.27. The van der Waals surface area contributed by atoms with Gasteiger partial charge in [0.1, 0.15) is 0 Å². The molecule has 0 N–H and O–H groups in total. The van der Waals surface area contributed by atoms with Gasteiger partial charge in [-0.1, -0.05) is 50.0 Å². The summed E-state index contributed by atoms with van der Waals surface area (Å²) in [7, 11) is 0. The van der Waals surface area contributed by atoms with Gasteiger partial charge in [-0.25, -0.2) is 0 Å². The molecule has 0 aromatic heterocycles. The molecule has 0 heterocycles. The zero-order valence-electron chi connectivity index (χ0n) is 7.34. The number of unbranched alkanes of at least 4 members (excludes halogenated alkanes) is 3. The maximum absolute atomic E-state index is 2.25. The van der Waals surface area contributed by atoms with E-state index in [4.69, 9.17) is 0 Å². The Morgan fingerprint density at radius 1 is 1.09 bits per heavy atom. The molecule has 11 heavy (non-hydrogen) atoms. The molecule has 0 amide bonds. The predicted octanol–water partition coefficient (Wildman–Crippen LogP) is 3.66. The van der Waals surface area contributed by atoms with Gasteiger partial charge in [-0.3, -0.25) is 0 Å². The Labute approximate surface area is 70.0 Å². The van der Waals surface area contributed by atoms with E-state index in [0.717, 1.165) is 0 Å². The minimum absolute atomic E-state index is 1.27. The molecule has 0 unspecified atom stereocenters. The van der Waals surface area contributed by atoms with Crippen molar-refractivity contribution in [2.45, 2.75) is 39.0 Å². The standard InChI is InChI=1S/C11H17/c1-2-3-4-5-8-11-9-6-7-10-11/h6-7,9-10H,2-5,8H2,1H3. The van der Waals surface area contributed by atoms with Crippen LogP contribution in [-0.4, -0.2) is 0 Å². The van der Waals surface area contributed by atoms with Crippen molar-refractivity contribution in [1.29, 1.82) is 0 Å². The van der Waals surface area contributed by atoms with Crippen molar-refractivity contribution in [2.75, 3.05) is 0 Å². The molecule has 1 aliphatic rings. The average Bonchev–Trinajstić information content (AvgIpc) is 2.50. The third-order valence-corrected chi connectivity index (χ3v) is 2.05. The van der Waals surface area contributed by atoms with Crippen LogP contribution in [0.1, 0.15) is 39.0 Å².